The number of hydrogen-bond acceptors (Lipinski definition) is 7. The minimum absolute atomic E-state index is 0.0364. The Hall–Kier alpha value is -2.14. The summed E-state index contributed by atoms with van der Waals surface area (Å²) in [5.41, 5.74) is -0.553. The molecular formula is C12H11F2N3O4S2. The van der Waals surface area contributed by atoms with E-state index in [9.17, 15) is 27.3 Å². The molecule has 1 N–H and O–H groups in total. The van der Waals surface area contributed by atoms with Crippen molar-refractivity contribution in [2.45, 2.75) is 24.1 Å². The highest BCUT2D eigenvalue weighted by atomic mass is 32.2. The van der Waals surface area contributed by atoms with Gasteiger partial charge in [-0.1, -0.05) is 0 Å². The van der Waals surface area contributed by atoms with Gasteiger partial charge in [0, 0.05) is 17.1 Å². The van der Waals surface area contributed by atoms with Crippen molar-refractivity contribution in [2.75, 3.05) is 5.32 Å². The number of aryl methyl sites for hydroxylation is 1. The monoisotopic (exact) mass is 363 g/mol. The van der Waals surface area contributed by atoms with Gasteiger partial charge >= 0.3 is 5.76 Å². The lowest BCUT2D eigenvalue weighted by atomic mass is 10.2. The number of thiazole rings is 1. The summed E-state index contributed by atoms with van der Waals surface area (Å²) >= 11 is 1.39. The summed E-state index contributed by atoms with van der Waals surface area (Å²) in [5.74, 6) is -3.64. The van der Waals surface area contributed by atoms with Gasteiger partial charge in [0.15, 0.2) is 0 Å². The molecule has 124 valence electrons. The molecule has 1 aromatic heterocycles. The van der Waals surface area contributed by atoms with Crippen LogP contribution < -0.4 is 5.32 Å². The molecular weight excluding hydrogens is 352 g/mol. The van der Waals surface area contributed by atoms with Crippen LogP contribution in [-0.4, -0.2) is 24.1 Å². The number of alkyl halides is 2. The number of sulfone groups is 1. The van der Waals surface area contributed by atoms with Crippen LogP contribution in [0.25, 0.3) is 0 Å². The Morgan fingerprint density at radius 2 is 2.13 bits per heavy atom. The maximum atomic E-state index is 12.5. The molecule has 0 aliphatic carbocycles. The van der Waals surface area contributed by atoms with E-state index in [0.717, 1.165) is 22.0 Å². The number of halogens is 2. The second kappa shape index (κ2) is 6.54. The zero-order valence-electron chi connectivity index (χ0n) is 11.7. The summed E-state index contributed by atoms with van der Waals surface area (Å²) in [4.78, 5) is 14.3. The number of nitro benzene ring substituents is 1. The van der Waals surface area contributed by atoms with Crippen LogP contribution in [-0.2, 0) is 16.4 Å². The minimum Gasteiger partial charge on any atom is -0.375 e. The number of aromatic nitrogens is 1. The van der Waals surface area contributed by atoms with Gasteiger partial charge in [-0.15, -0.1) is 11.3 Å². The van der Waals surface area contributed by atoms with Gasteiger partial charge in [0.05, 0.1) is 21.4 Å². The van der Waals surface area contributed by atoms with E-state index in [1.807, 2.05) is 0 Å². The summed E-state index contributed by atoms with van der Waals surface area (Å²) in [7, 11) is -4.89. The van der Waals surface area contributed by atoms with Gasteiger partial charge in [-0.05, 0) is 19.1 Å². The Bertz CT molecular complexity index is 837. The van der Waals surface area contributed by atoms with Crippen LogP contribution in [0.4, 0.5) is 20.2 Å². The largest absolute Gasteiger partial charge is 0.375 e. The smallest absolute Gasteiger partial charge is 0.341 e. The van der Waals surface area contributed by atoms with E-state index in [1.54, 1.807) is 13.1 Å². The van der Waals surface area contributed by atoms with Crippen LogP contribution in [0.2, 0.25) is 0 Å². The molecule has 0 radical (unpaired) electrons. The van der Waals surface area contributed by atoms with Crippen molar-refractivity contribution in [1.82, 2.24) is 4.98 Å². The van der Waals surface area contributed by atoms with Gasteiger partial charge in [-0.3, -0.25) is 10.1 Å². The Labute approximate surface area is 134 Å². The molecule has 0 unspecified atom stereocenters. The van der Waals surface area contributed by atoms with E-state index in [0.29, 0.717) is 6.07 Å². The van der Waals surface area contributed by atoms with Crippen molar-refractivity contribution in [1.29, 1.82) is 0 Å². The molecule has 7 nitrogen and oxygen atoms in total. The first-order valence-electron chi connectivity index (χ1n) is 6.17. The fourth-order valence-electron chi connectivity index (χ4n) is 1.76. The lowest BCUT2D eigenvalue weighted by molar-refractivity contribution is -0.384. The maximum absolute atomic E-state index is 12.5. The molecule has 0 aliphatic heterocycles. The summed E-state index contributed by atoms with van der Waals surface area (Å²) in [6.45, 7) is 2.05. The summed E-state index contributed by atoms with van der Waals surface area (Å²) in [6.07, 6.45) is 1.61. The molecule has 0 saturated carbocycles. The highest BCUT2D eigenvalue weighted by Gasteiger charge is 2.29. The van der Waals surface area contributed by atoms with Gasteiger partial charge in [-0.2, -0.15) is 8.78 Å². The molecule has 0 saturated heterocycles. The lowest BCUT2D eigenvalue weighted by Crippen LogP contribution is -2.12. The van der Waals surface area contributed by atoms with Gasteiger partial charge < -0.3 is 5.32 Å². The van der Waals surface area contributed by atoms with Crippen molar-refractivity contribution in [2.24, 2.45) is 0 Å². The van der Waals surface area contributed by atoms with Crippen LogP contribution in [0.3, 0.4) is 0 Å². The number of nitrogens with zero attached hydrogens (tertiary/aromatic N) is 2. The number of nitrogens with one attached hydrogen (secondary N) is 1. The normalized spacial score (nSPS) is 11.7. The predicted octanol–water partition coefficient (Wildman–Crippen LogP) is 2.97. The average Bonchev–Trinajstić information content (AvgIpc) is 2.90. The summed E-state index contributed by atoms with van der Waals surface area (Å²) in [5, 5.41) is 14.7. The highest BCUT2D eigenvalue weighted by Crippen LogP contribution is 2.30. The third kappa shape index (κ3) is 3.79. The van der Waals surface area contributed by atoms with Crippen molar-refractivity contribution in [3.8, 4) is 0 Å². The first-order valence-corrected chi connectivity index (χ1v) is 8.54. The fourth-order valence-corrected chi connectivity index (χ4v) is 3.24. The van der Waals surface area contributed by atoms with Crippen LogP contribution in [0.15, 0.2) is 29.3 Å². The highest BCUT2D eigenvalue weighted by molar-refractivity contribution is 7.91. The minimum atomic E-state index is -4.89. The second-order valence-corrected chi connectivity index (χ2v) is 7.68. The zero-order chi connectivity index (χ0) is 17.2. The van der Waals surface area contributed by atoms with Crippen molar-refractivity contribution < 1.29 is 22.1 Å². The molecule has 0 fully saturated rings. The molecule has 2 rings (SSSR count). The third-order valence-electron chi connectivity index (χ3n) is 2.85. The van der Waals surface area contributed by atoms with E-state index in [1.165, 1.54) is 11.3 Å². The number of hydrogen-bond donors (Lipinski definition) is 1. The van der Waals surface area contributed by atoms with Gasteiger partial charge in [0.2, 0.25) is 9.84 Å². The SMILES string of the molecule is Cc1ncc(CNc2ccc(S(=O)(=O)C(F)F)cc2[N+](=O)[O-])s1. The summed E-state index contributed by atoms with van der Waals surface area (Å²) < 4.78 is 47.8. The first kappa shape index (κ1) is 17.2. The number of nitro groups is 1. The molecule has 1 aromatic carbocycles. The third-order valence-corrected chi connectivity index (χ3v) is 5.14. The standard InChI is InChI=1S/C12H11F2N3O4S2/c1-7-15-5-8(22-7)6-16-10-3-2-9(4-11(10)17(18)19)23(20,21)12(13)14/h2-5,12,16H,6H2,1H3. The predicted molar refractivity (Wildman–Crippen MR) is 80.5 cm³/mol. The van der Waals surface area contributed by atoms with Gasteiger partial charge in [0.25, 0.3) is 5.69 Å². The van der Waals surface area contributed by atoms with Crippen LogP contribution in [0, 0.1) is 17.0 Å². The fraction of sp³-hybridized carbons (Fsp3) is 0.250. The molecule has 0 bridgehead atoms. The molecule has 0 atom stereocenters. The molecule has 23 heavy (non-hydrogen) atoms. The Morgan fingerprint density at radius 1 is 1.43 bits per heavy atom. The van der Waals surface area contributed by atoms with E-state index < -0.39 is 31.1 Å². The van der Waals surface area contributed by atoms with Crippen LogP contribution in [0.5, 0.6) is 0 Å². The maximum Gasteiger partial charge on any atom is 0.341 e. The molecule has 11 heteroatoms. The Balaban J connectivity index is 2.32. The molecule has 0 amide bonds. The first-order chi connectivity index (χ1) is 10.7. The van der Waals surface area contributed by atoms with Crippen molar-refractivity contribution in [3.05, 3.63) is 44.4 Å². The quantitative estimate of drug-likeness (QED) is 0.625. The van der Waals surface area contributed by atoms with E-state index in [2.05, 4.69) is 10.3 Å². The Morgan fingerprint density at radius 3 is 2.65 bits per heavy atom. The van der Waals surface area contributed by atoms with Crippen molar-refractivity contribution >= 4 is 32.5 Å². The molecule has 0 aliphatic rings. The summed E-state index contributed by atoms with van der Waals surface area (Å²) in [6, 6.07) is 2.64. The van der Waals surface area contributed by atoms with Crippen LogP contribution >= 0.6 is 11.3 Å². The molecule has 1 heterocycles. The topological polar surface area (TPSA) is 102 Å². The lowest BCUT2D eigenvalue weighted by Gasteiger charge is -2.08. The molecule has 0 spiro atoms. The number of benzene rings is 1. The van der Waals surface area contributed by atoms with E-state index in [-0.39, 0.29) is 12.2 Å². The molecule has 2 aromatic rings. The van der Waals surface area contributed by atoms with Gasteiger partial charge in [-0.25, -0.2) is 13.4 Å². The number of anilines is 1. The van der Waals surface area contributed by atoms with Gasteiger partial charge in [0.1, 0.15) is 5.69 Å². The Kier molecular flexibility index (Phi) is 4.90. The van der Waals surface area contributed by atoms with E-state index in [4.69, 9.17) is 0 Å². The average molecular weight is 363 g/mol. The number of rotatable bonds is 6. The van der Waals surface area contributed by atoms with Crippen molar-refractivity contribution in [3.63, 3.8) is 0 Å². The van der Waals surface area contributed by atoms with E-state index >= 15 is 0 Å². The zero-order valence-corrected chi connectivity index (χ0v) is 13.3. The van der Waals surface area contributed by atoms with Crippen LogP contribution in [0.1, 0.15) is 9.88 Å². The second-order valence-electron chi connectivity index (χ2n) is 4.44.